The first-order chi connectivity index (χ1) is 8.99. The summed E-state index contributed by atoms with van der Waals surface area (Å²) < 4.78 is 0. The standard InChI is InChI=1S/C12H16ClN3O3/c13-9-4-3-8(10(14)6-9)7-16-11(17)2-1-5-15-12(18)19/h3-4,6,15H,1-2,5,7,14H2,(H,16,17)(H,18,19). The Hall–Kier alpha value is -1.95. The fraction of sp³-hybridized carbons (Fsp3) is 0.333. The average Bonchev–Trinajstić information content (AvgIpc) is 2.33. The zero-order chi connectivity index (χ0) is 14.3. The Kier molecular flexibility index (Phi) is 5.95. The minimum absolute atomic E-state index is 0.151. The van der Waals surface area contributed by atoms with Crippen molar-refractivity contribution in [1.29, 1.82) is 0 Å². The number of nitrogens with one attached hydrogen (secondary N) is 2. The van der Waals surface area contributed by atoms with Crippen molar-refractivity contribution in [3.05, 3.63) is 28.8 Å². The van der Waals surface area contributed by atoms with Gasteiger partial charge in [-0.2, -0.15) is 0 Å². The lowest BCUT2D eigenvalue weighted by molar-refractivity contribution is -0.121. The molecule has 0 atom stereocenters. The van der Waals surface area contributed by atoms with E-state index in [4.69, 9.17) is 22.4 Å². The van der Waals surface area contributed by atoms with Crippen LogP contribution in [0.1, 0.15) is 18.4 Å². The van der Waals surface area contributed by atoms with Gasteiger partial charge in [-0.1, -0.05) is 17.7 Å². The maximum absolute atomic E-state index is 11.5. The van der Waals surface area contributed by atoms with E-state index in [1.54, 1.807) is 18.2 Å². The third-order valence-electron chi connectivity index (χ3n) is 2.44. The number of anilines is 1. The number of amides is 2. The molecule has 0 aliphatic heterocycles. The maximum atomic E-state index is 11.5. The van der Waals surface area contributed by atoms with Gasteiger partial charge in [0.25, 0.3) is 0 Å². The molecule has 1 aromatic carbocycles. The molecule has 2 amide bonds. The van der Waals surface area contributed by atoms with Gasteiger partial charge in [0, 0.05) is 30.2 Å². The first-order valence-electron chi connectivity index (χ1n) is 5.76. The summed E-state index contributed by atoms with van der Waals surface area (Å²) in [5, 5.41) is 13.8. The van der Waals surface area contributed by atoms with Crippen LogP contribution in [0.15, 0.2) is 18.2 Å². The minimum Gasteiger partial charge on any atom is -0.465 e. The number of nitrogen functional groups attached to an aromatic ring is 1. The van der Waals surface area contributed by atoms with Crippen LogP contribution in [0, 0.1) is 0 Å². The number of hydrogen-bond acceptors (Lipinski definition) is 3. The summed E-state index contributed by atoms with van der Waals surface area (Å²) >= 11 is 5.77. The van der Waals surface area contributed by atoms with E-state index in [-0.39, 0.29) is 18.9 Å². The number of rotatable bonds is 6. The van der Waals surface area contributed by atoms with E-state index in [2.05, 4.69) is 10.6 Å². The van der Waals surface area contributed by atoms with E-state index in [0.29, 0.717) is 23.7 Å². The average molecular weight is 286 g/mol. The number of carboxylic acid groups (broad SMARTS) is 1. The maximum Gasteiger partial charge on any atom is 0.404 e. The molecule has 0 spiro atoms. The van der Waals surface area contributed by atoms with E-state index in [0.717, 1.165) is 5.56 Å². The molecule has 104 valence electrons. The summed E-state index contributed by atoms with van der Waals surface area (Å²) in [7, 11) is 0. The van der Waals surface area contributed by atoms with Crippen molar-refractivity contribution >= 4 is 29.3 Å². The van der Waals surface area contributed by atoms with Crippen molar-refractivity contribution in [3.8, 4) is 0 Å². The molecule has 0 radical (unpaired) electrons. The molecule has 19 heavy (non-hydrogen) atoms. The summed E-state index contributed by atoms with van der Waals surface area (Å²) in [6.45, 7) is 0.583. The molecule has 6 nitrogen and oxygen atoms in total. The summed E-state index contributed by atoms with van der Waals surface area (Å²) in [6, 6.07) is 5.08. The lowest BCUT2D eigenvalue weighted by Crippen LogP contribution is -2.26. The Morgan fingerprint density at radius 2 is 2.05 bits per heavy atom. The largest absolute Gasteiger partial charge is 0.465 e. The molecule has 1 aromatic rings. The van der Waals surface area contributed by atoms with E-state index >= 15 is 0 Å². The van der Waals surface area contributed by atoms with Gasteiger partial charge < -0.3 is 21.5 Å². The predicted molar refractivity (Wildman–Crippen MR) is 73.0 cm³/mol. The van der Waals surface area contributed by atoms with Gasteiger partial charge >= 0.3 is 6.09 Å². The molecule has 5 N–H and O–H groups in total. The second-order valence-corrected chi connectivity index (χ2v) is 4.39. The second kappa shape index (κ2) is 7.48. The highest BCUT2D eigenvalue weighted by Gasteiger charge is 2.04. The zero-order valence-corrected chi connectivity index (χ0v) is 11.0. The smallest absolute Gasteiger partial charge is 0.404 e. The van der Waals surface area contributed by atoms with Gasteiger partial charge in [-0.25, -0.2) is 4.79 Å². The van der Waals surface area contributed by atoms with Crippen molar-refractivity contribution < 1.29 is 14.7 Å². The number of carbonyl (C=O) groups is 2. The quantitative estimate of drug-likeness (QED) is 0.470. The second-order valence-electron chi connectivity index (χ2n) is 3.96. The molecule has 7 heteroatoms. The van der Waals surface area contributed by atoms with Crippen molar-refractivity contribution in [2.75, 3.05) is 12.3 Å². The van der Waals surface area contributed by atoms with Crippen LogP contribution in [0.4, 0.5) is 10.5 Å². The van der Waals surface area contributed by atoms with E-state index in [1.165, 1.54) is 0 Å². The lowest BCUT2D eigenvalue weighted by atomic mass is 10.2. The normalized spacial score (nSPS) is 9.95. The van der Waals surface area contributed by atoms with Gasteiger partial charge in [0.05, 0.1) is 0 Å². The number of carbonyl (C=O) groups excluding carboxylic acids is 1. The first kappa shape index (κ1) is 15.1. The molecule has 1 rings (SSSR count). The van der Waals surface area contributed by atoms with Crippen LogP contribution in [-0.4, -0.2) is 23.7 Å². The van der Waals surface area contributed by atoms with Crippen LogP contribution < -0.4 is 16.4 Å². The van der Waals surface area contributed by atoms with Crippen molar-refractivity contribution in [2.45, 2.75) is 19.4 Å². The topological polar surface area (TPSA) is 104 Å². The molecular weight excluding hydrogens is 270 g/mol. The molecule has 0 fully saturated rings. The third kappa shape index (κ3) is 5.96. The summed E-state index contributed by atoms with van der Waals surface area (Å²) in [5.74, 6) is -0.151. The highest BCUT2D eigenvalue weighted by molar-refractivity contribution is 6.30. The number of halogens is 1. The number of nitrogens with two attached hydrogens (primary N) is 1. The van der Waals surface area contributed by atoms with Crippen molar-refractivity contribution in [1.82, 2.24) is 10.6 Å². The predicted octanol–water partition coefficient (Wildman–Crippen LogP) is 1.59. The van der Waals surface area contributed by atoms with Crippen LogP contribution in [0.25, 0.3) is 0 Å². The van der Waals surface area contributed by atoms with Crippen LogP contribution in [0.5, 0.6) is 0 Å². The molecule has 0 heterocycles. The van der Waals surface area contributed by atoms with Gasteiger partial charge in [-0.3, -0.25) is 4.79 Å². The number of hydrogen-bond donors (Lipinski definition) is 4. The molecule has 0 aliphatic carbocycles. The van der Waals surface area contributed by atoms with Gasteiger partial charge in [0.1, 0.15) is 0 Å². The van der Waals surface area contributed by atoms with Gasteiger partial charge in [-0.05, 0) is 24.1 Å². The molecule has 0 saturated heterocycles. The SMILES string of the molecule is Nc1cc(Cl)ccc1CNC(=O)CCCNC(=O)O. The van der Waals surface area contributed by atoms with Crippen LogP contribution >= 0.6 is 11.6 Å². The highest BCUT2D eigenvalue weighted by Crippen LogP contribution is 2.17. The van der Waals surface area contributed by atoms with Crippen LogP contribution in [0.2, 0.25) is 5.02 Å². The van der Waals surface area contributed by atoms with E-state index in [1.807, 2.05) is 0 Å². The molecule has 0 aliphatic rings. The molecule has 0 aromatic heterocycles. The van der Waals surface area contributed by atoms with E-state index in [9.17, 15) is 9.59 Å². The number of benzene rings is 1. The van der Waals surface area contributed by atoms with Gasteiger partial charge in [-0.15, -0.1) is 0 Å². The molecule has 0 unspecified atom stereocenters. The summed E-state index contributed by atoms with van der Waals surface area (Å²) in [4.78, 5) is 21.7. The fourth-order valence-electron chi connectivity index (χ4n) is 1.45. The van der Waals surface area contributed by atoms with Crippen LogP contribution in [0.3, 0.4) is 0 Å². The Bertz CT molecular complexity index is 466. The first-order valence-corrected chi connectivity index (χ1v) is 6.14. The van der Waals surface area contributed by atoms with E-state index < -0.39 is 6.09 Å². The minimum atomic E-state index is -1.09. The zero-order valence-electron chi connectivity index (χ0n) is 10.3. The van der Waals surface area contributed by atoms with Crippen LogP contribution in [-0.2, 0) is 11.3 Å². The van der Waals surface area contributed by atoms with Gasteiger partial charge in [0.2, 0.25) is 5.91 Å². The molecule has 0 bridgehead atoms. The molecular formula is C12H16ClN3O3. The highest BCUT2D eigenvalue weighted by atomic mass is 35.5. The Balaban J connectivity index is 2.28. The van der Waals surface area contributed by atoms with Crippen molar-refractivity contribution in [3.63, 3.8) is 0 Å². The fourth-order valence-corrected chi connectivity index (χ4v) is 1.63. The van der Waals surface area contributed by atoms with Crippen molar-refractivity contribution in [2.24, 2.45) is 0 Å². The summed E-state index contributed by atoms with van der Waals surface area (Å²) in [6.07, 6.45) is -0.378. The third-order valence-corrected chi connectivity index (χ3v) is 2.68. The Morgan fingerprint density at radius 3 is 2.68 bits per heavy atom. The Morgan fingerprint density at radius 1 is 1.32 bits per heavy atom. The lowest BCUT2D eigenvalue weighted by Gasteiger charge is -2.08. The Labute approximate surface area is 115 Å². The monoisotopic (exact) mass is 285 g/mol. The summed E-state index contributed by atoms with van der Waals surface area (Å²) in [5.41, 5.74) is 7.07. The molecule has 0 saturated carbocycles. The van der Waals surface area contributed by atoms with Gasteiger partial charge in [0.15, 0.2) is 0 Å².